The number of aryl methyl sites for hydroxylation is 4. The lowest BCUT2D eigenvalue weighted by atomic mass is 10.2. The van der Waals surface area contributed by atoms with Crippen molar-refractivity contribution in [2.75, 3.05) is 10.6 Å². The van der Waals surface area contributed by atoms with E-state index in [0.29, 0.717) is 30.4 Å². The largest absolute Gasteiger partial charge is 0.363 e. The van der Waals surface area contributed by atoms with Crippen LogP contribution in [0, 0.1) is 27.7 Å². The molecule has 0 unspecified atom stereocenters. The third kappa shape index (κ3) is 3.58. The van der Waals surface area contributed by atoms with Gasteiger partial charge < -0.3 is 10.6 Å². The molecule has 0 bridgehead atoms. The number of anilines is 2. The van der Waals surface area contributed by atoms with Crippen LogP contribution < -0.4 is 10.6 Å². The van der Waals surface area contributed by atoms with Crippen LogP contribution in [0.1, 0.15) is 33.9 Å². The molecule has 0 spiro atoms. The molecule has 0 atom stereocenters. The minimum Gasteiger partial charge on any atom is -0.363 e. The van der Waals surface area contributed by atoms with E-state index < -0.39 is 0 Å². The third-order valence-corrected chi connectivity index (χ3v) is 5.62. The maximum Gasteiger partial charge on any atom is 0.180 e. The van der Waals surface area contributed by atoms with Gasteiger partial charge in [-0.3, -0.25) is 9.36 Å². The molecule has 156 valence electrons. The maximum atomic E-state index is 4.77. The molecule has 0 aliphatic heterocycles. The van der Waals surface area contributed by atoms with Gasteiger partial charge in [-0.05, 0) is 39.8 Å². The molecule has 0 fully saturated rings. The van der Waals surface area contributed by atoms with Crippen molar-refractivity contribution >= 4 is 22.8 Å². The molecule has 0 aliphatic carbocycles. The van der Waals surface area contributed by atoms with Crippen LogP contribution in [-0.2, 0) is 27.2 Å². The van der Waals surface area contributed by atoms with Crippen LogP contribution in [0.2, 0.25) is 0 Å². The van der Waals surface area contributed by atoms with Crippen LogP contribution in [0.25, 0.3) is 11.2 Å². The quantitative estimate of drug-likeness (QED) is 0.509. The fraction of sp³-hybridized carbons (Fsp3) is 0.381. The van der Waals surface area contributed by atoms with Crippen LogP contribution in [0.4, 0.5) is 11.6 Å². The van der Waals surface area contributed by atoms with E-state index >= 15 is 0 Å². The molecule has 4 aromatic heterocycles. The lowest BCUT2D eigenvalue weighted by Gasteiger charge is -2.13. The number of rotatable bonds is 6. The summed E-state index contributed by atoms with van der Waals surface area (Å²) < 4.78 is 3.79. The highest BCUT2D eigenvalue weighted by atomic mass is 15.3. The second-order valence-electron chi connectivity index (χ2n) is 7.52. The van der Waals surface area contributed by atoms with E-state index in [4.69, 9.17) is 9.97 Å². The molecule has 9 heteroatoms. The molecule has 0 saturated heterocycles. The summed E-state index contributed by atoms with van der Waals surface area (Å²) in [5.41, 5.74) is 7.95. The van der Waals surface area contributed by atoms with Gasteiger partial charge in [-0.2, -0.15) is 10.2 Å². The molecule has 0 aromatic carbocycles. The lowest BCUT2D eigenvalue weighted by Crippen LogP contribution is -2.11. The van der Waals surface area contributed by atoms with E-state index in [0.717, 1.165) is 39.4 Å². The molecule has 0 aliphatic rings. The first-order chi connectivity index (χ1) is 14.3. The zero-order chi connectivity index (χ0) is 21.4. The number of aromatic nitrogens is 7. The number of nitrogens with one attached hydrogen (secondary N) is 2. The van der Waals surface area contributed by atoms with Gasteiger partial charge in [0.1, 0.15) is 5.52 Å². The van der Waals surface area contributed by atoms with Crippen LogP contribution in [0.5, 0.6) is 0 Å². The number of hydrogen-bond acceptors (Lipinski definition) is 7. The Labute approximate surface area is 175 Å². The van der Waals surface area contributed by atoms with Gasteiger partial charge in [-0.15, -0.1) is 0 Å². The van der Waals surface area contributed by atoms with E-state index in [1.807, 2.05) is 49.4 Å². The van der Waals surface area contributed by atoms with Crippen molar-refractivity contribution in [2.24, 2.45) is 14.1 Å². The fourth-order valence-corrected chi connectivity index (χ4v) is 3.63. The van der Waals surface area contributed by atoms with Gasteiger partial charge in [0.05, 0.1) is 11.4 Å². The first-order valence-electron chi connectivity index (χ1n) is 9.93. The molecule has 30 heavy (non-hydrogen) atoms. The Balaban J connectivity index is 1.65. The number of hydrogen-bond donors (Lipinski definition) is 2. The summed E-state index contributed by atoms with van der Waals surface area (Å²) in [7, 11) is 3.91. The van der Waals surface area contributed by atoms with Gasteiger partial charge >= 0.3 is 0 Å². The van der Waals surface area contributed by atoms with E-state index in [1.165, 1.54) is 0 Å². The van der Waals surface area contributed by atoms with Gasteiger partial charge in [-0.25, -0.2) is 15.0 Å². The summed E-state index contributed by atoms with van der Waals surface area (Å²) in [6, 6.07) is 3.78. The highest BCUT2D eigenvalue weighted by molar-refractivity contribution is 5.77. The van der Waals surface area contributed by atoms with E-state index in [1.54, 1.807) is 6.20 Å². The zero-order valence-corrected chi connectivity index (χ0v) is 18.3. The van der Waals surface area contributed by atoms with E-state index in [2.05, 4.69) is 39.7 Å². The smallest absolute Gasteiger partial charge is 0.180 e. The van der Waals surface area contributed by atoms with Crippen molar-refractivity contribution in [3.63, 3.8) is 0 Å². The standard InChI is InChI=1S/C21H27N9/c1-12-16(14(3)29(5)27-12)10-23-20-21(26-19-18(25-20)8-7-9-22-19)24-11-17-13(2)28-30(6)15(17)4/h7-9H,10-11H2,1-6H3,(H,23,25)(H,22,24,26). The van der Waals surface area contributed by atoms with Crippen LogP contribution in [0.15, 0.2) is 18.3 Å². The highest BCUT2D eigenvalue weighted by Crippen LogP contribution is 2.24. The average Bonchev–Trinajstić information content (AvgIpc) is 3.11. The third-order valence-electron chi connectivity index (χ3n) is 5.62. The molecular formula is C21H27N9. The van der Waals surface area contributed by atoms with Crippen molar-refractivity contribution in [2.45, 2.75) is 40.8 Å². The van der Waals surface area contributed by atoms with Crippen molar-refractivity contribution in [1.29, 1.82) is 0 Å². The second kappa shape index (κ2) is 7.74. The van der Waals surface area contributed by atoms with Crippen molar-refractivity contribution < 1.29 is 0 Å². The fourth-order valence-electron chi connectivity index (χ4n) is 3.63. The number of fused-ring (bicyclic) bond motifs is 1. The molecule has 2 N–H and O–H groups in total. The second-order valence-corrected chi connectivity index (χ2v) is 7.52. The maximum absolute atomic E-state index is 4.77. The summed E-state index contributed by atoms with van der Waals surface area (Å²) in [6.45, 7) is 9.40. The molecule has 4 heterocycles. The highest BCUT2D eigenvalue weighted by Gasteiger charge is 2.15. The van der Waals surface area contributed by atoms with E-state index in [-0.39, 0.29) is 0 Å². The van der Waals surface area contributed by atoms with Gasteiger partial charge in [0.15, 0.2) is 17.3 Å². The summed E-state index contributed by atoms with van der Waals surface area (Å²) in [6.07, 6.45) is 1.73. The average molecular weight is 406 g/mol. The Hall–Kier alpha value is -3.49. The predicted molar refractivity (Wildman–Crippen MR) is 117 cm³/mol. The zero-order valence-electron chi connectivity index (χ0n) is 18.3. The Bertz CT molecular complexity index is 1120. The SMILES string of the molecule is Cc1nn(C)c(C)c1CNc1nc2cccnc2nc1NCc1c(C)nn(C)c1C. The van der Waals surface area contributed by atoms with Gasteiger partial charge in [0.2, 0.25) is 0 Å². The Morgan fingerprint density at radius 3 is 1.83 bits per heavy atom. The van der Waals surface area contributed by atoms with Crippen molar-refractivity contribution in [1.82, 2.24) is 34.5 Å². The molecule has 0 saturated carbocycles. The van der Waals surface area contributed by atoms with Gasteiger partial charge in [-0.1, -0.05) is 0 Å². The van der Waals surface area contributed by atoms with Gasteiger partial charge in [0, 0.05) is 55.9 Å². The number of pyridine rings is 1. The molecule has 0 radical (unpaired) electrons. The summed E-state index contributed by atoms with van der Waals surface area (Å²) in [5, 5.41) is 15.9. The minimum absolute atomic E-state index is 0.609. The van der Waals surface area contributed by atoms with Gasteiger partial charge in [0.25, 0.3) is 0 Å². The molecule has 0 amide bonds. The van der Waals surface area contributed by atoms with Crippen molar-refractivity contribution in [3.05, 3.63) is 52.2 Å². The molecule has 9 nitrogen and oxygen atoms in total. The van der Waals surface area contributed by atoms with Crippen LogP contribution in [0.3, 0.4) is 0 Å². The Morgan fingerprint density at radius 1 is 0.800 bits per heavy atom. The topological polar surface area (TPSA) is 98.4 Å². The molecule has 4 rings (SSSR count). The summed E-state index contributed by atoms with van der Waals surface area (Å²) >= 11 is 0. The first kappa shape index (κ1) is 19.8. The number of nitrogens with zero attached hydrogens (tertiary/aromatic N) is 7. The predicted octanol–water partition coefficient (Wildman–Crippen LogP) is 2.95. The Kier molecular flexibility index (Phi) is 5.11. The lowest BCUT2D eigenvalue weighted by molar-refractivity contribution is 0.730. The monoisotopic (exact) mass is 405 g/mol. The Morgan fingerprint density at radius 2 is 1.33 bits per heavy atom. The first-order valence-corrected chi connectivity index (χ1v) is 9.93. The summed E-state index contributed by atoms with van der Waals surface area (Å²) in [5.74, 6) is 1.36. The van der Waals surface area contributed by atoms with Crippen molar-refractivity contribution in [3.8, 4) is 0 Å². The normalized spacial score (nSPS) is 11.3. The van der Waals surface area contributed by atoms with E-state index in [9.17, 15) is 0 Å². The van der Waals surface area contributed by atoms with Crippen LogP contribution >= 0.6 is 0 Å². The van der Waals surface area contributed by atoms with Crippen LogP contribution in [-0.4, -0.2) is 34.5 Å². The minimum atomic E-state index is 0.609. The summed E-state index contributed by atoms with van der Waals surface area (Å²) in [4.78, 5) is 13.9. The molecule has 4 aromatic rings. The molecular weight excluding hydrogens is 378 g/mol.